The van der Waals surface area contributed by atoms with Crippen molar-refractivity contribution in [2.24, 2.45) is 5.92 Å². The van der Waals surface area contributed by atoms with E-state index in [-0.39, 0.29) is 11.7 Å². The van der Waals surface area contributed by atoms with E-state index in [2.05, 4.69) is 34.8 Å². The van der Waals surface area contributed by atoms with Crippen molar-refractivity contribution in [3.63, 3.8) is 0 Å². The smallest absolute Gasteiger partial charge is 0.141 e. The Bertz CT molecular complexity index is 1310. The summed E-state index contributed by atoms with van der Waals surface area (Å²) in [5.74, 6) is 2.56. The molecule has 0 bridgehead atoms. The van der Waals surface area contributed by atoms with Gasteiger partial charge in [0.2, 0.25) is 0 Å². The fourth-order valence-corrected chi connectivity index (χ4v) is 5.37. The fourth-order valence-electron chi connectivity index (χ4n) is 5.37. The fraction of sp³-hybridized carbons (Fsp3) is 0.448. The van der Waals surface area contributed by atoms with E-state index in [0.29, 0.717) is 11.5 Å². The summed E-state index contributed by atoms with van der Waals surface area (Å²) in [4.78, 5) is 5.14. The van der Waals surface area contributed by atoms with E-state index in [4.69, 9.17) is 14.2 Å². The summed E-state index contributed by atoms with van der Waals surface area (Å²) in [6.07, 6.45) is 4.10. The van der Waals surface area contributed by atoms with Gasteiger partial charge in [0.15, 0.2) is 0 Å². The van der Waals surface area contributed by atoms with Gasteiger partial charge in [-0.3, -0.25) is 0 Å². The molecule has 0 aliphatic carbocycles. The predicted octanol–water partition coefficient (Wildman–Crippen LogP) is 6.92. The molecule has 0 amide bonds. The zero-order valence-corrected chi connectivity index (χ0v) is 21.1. The van der Waals surface area contributed by atoms with Gasteiger partial charge < -0.3 is 13.8 Å². The maximum Gasteiger partial charge on any atom is 0.141 e. The Balaban J connectivity index is 1.50. The molecule has 35 heavy (non-hydrogen) atoms. The number of hydrogen-bond acceptors (Lipinski definition) is 4. The molecule has 0 unspecified atom stereocenters. The van der Waals surface area contributed by atoms with Crippen LogP contribution in [0.5, 0.6) is 0 Å². The molecule has 5 rings (SSSR count). The van der Waals surface area contributed by atoms with Crippen LogP contribution in [-0.2, 0) is 17.7 Å². The number of nitrogens with zero attached hydrogens (tertiary/aromatic N) is 3. The Morgan fingerprint density at radius 3 is 2.60 bits per heavy atom. The molecule has 2 aromatic heterocycles. The lowest BCUT2D eigenvalue weighted by molar-refractivity contribution is 0.0626. The van der Waals surface area contributed by atoms with Crippen molar-refractivity contribution >= 4 is 11.0 Å². The first-order valence-electron chi connectivity index (χ1n) is 12.7. The van der Waals surface area contributed by atoms with E-state index in [1.807, 2.05) is 26.0 Å². The number of benzene rings is 2. The van der Waals surface area contributed by atoms with Crippen molar-refractivity contribution in [3.05, 3.63) is 70.6 Å². The van der Waals surface area contributed by atoms with Crippen LogP contribution in [0.3, 0.4) is 0 Å². The highest BCUT2D eigenvalue weighted by molar-refractivity contribution is 5.83. The average Bonchev–Trinajstić information content (AvgIpc) is 3.39. The Hall–Kier alpha value is -2.99. The quantitative estimate of drug-likeness (QED) is 0.291. The van der Waals surface area contributed by atoms with Crippen molar-refractivity contribution in [3.8, 4) is 11.1 Å². The van der Waals surface area contributed by atoms with E-state index in [1.165, 1.54) is 0 Å². The van der Waals surface area contributed by atoms with Crippen LogP contribution in [0.4, 0.5) is 4.39 Å². The number of ether oxygens (including phenoxy) is 1. The minimum atomic E-state index is -0.146. The number of aromatic nitrogens is 3. The molecule has 0 radical (unpaired) electrons. The Morgan fingerprint density at radius 2 is 1.89 bits per heavy atom. The van der Waals surface area contributed by atoms with Gasteiger partial charge in [-0.05, 0) is 87.3 Å². The lowest BCUT2D eigenvalue weighted by Gasteiger charge is -2.23. The predicted molar refractivity (Wildman–Crippen MR) is 136 cm³/mol. The molecule has 5 nitrogen and oxygen atoms in total. The van der Waals surface area contributed by atoms with E-state index in [1.54, 1.807) is 13.0 Å². The van der Waals surface area contributed by atoms with Crippen LogP contribution in [-0.4, -0.2) is 27.9 Å². The summed E-state index contributed by atoms with van der Waals surface area (Å²) in [5.41, 5.74) is 6.79. The van der Waals surface area contributed by atoms with Gasteiger partial charge in [0.1, 0.15) is 17.4 Å². The first kappa shape index (κ1) is 23.7. The SMILES string of the molecule is Cc1ccc(C[C@@H](C)c2nc3cc(-c4c(C)noc4C)ccc3n2CCC2CCOCC2)cc1F. The molecule has 1 saturated heterocycles. The number of fused-ring (bicyclic) bond motifs is 1. The summed E-state index contributed by atoms with van der Waals surface area (Å²) >= 11 is 0. The minimum absolute atomic E-state index is 0.146. The molecule has 4 aromatic rings. The van der Waals surface area contributed by atoms with Crippen LogP contribution in [0.2, 0.25) is 0 Å². The van der Waals surface area contributed by atoms with Gasteiger partial charge in [0, 0.05) is 31.2 Å². The van der Waals surface area contributed by atoms with Gasteiger partial charge in [-0.2, -0.15) is 0 Å². The molecule has 0 spiro atoms. The van der Waals surface area contributed by atoms with Crippen LogP contribution in [0.1, 0.15) is 60.5 Å². The molecule has 1 aliphatic rings. The second-order valence-corrected chi connectivity index (χ2v) is 10.1. The summed E-state index contributed by atoms with van der Waals surface area (Å²) in [6.45, 7) is 10.6. The average molecular weight is 476 g/mol. The summed E-state index contributed by atoms with van der Waals surface area (Å²) in [5, 5.41) is 4.12. The van der Waals surface area contributed by atoms with Gasteiger partial charge in [-0.25, -0.2) is 9.37 Å². The Kier molecular flexibility index (Phi) is 6.74. The standard InChI is InChI=1S/C29H34FN3O2/c1-18-5-6-23(16-25(18)30)15-19(2)29-31-26-17-24(28-20(3)32-35-21(28)4)7-8-27(26)33(29)12-9-22-10-13-34-14-11-22/h5-8,16-17,19,22H,9-15H2,1-4H3/t19-/m1/s1. The molecule has 184 valence electrons. The highest BCUT2D eigenvalue weighted by atomic mass is 19.1. The highest BCUT2D eigenvalue weighted by Gasteiger charge is 2.21. The van der Waals surface area contributed by atoms with Gasteiger partial charge in [0.05, 0.1) is 16.7 Å². The number of imidazole rings is 1. The number of hydrogen-bond donors (Lipinski definition) is 0. The molecular formula is C29H34FN3O2. The molecule has 0 saturated carbocycles. The number of rotatable bonds is 7. The summed E-state index contributed by atoms with van der Waals surface area (Å²) < 4.78 is 27.6. The van der Waals surface area contributed by atoms with Crippen LogP contribution in [0, 0.1) is 32.5 Å². The second kappa shape index (κ2) is 9.94. The van der Waals surface area contributed by atoms with Crippen LogP contribution < -0.4 is 0 Å². The van der Waals surface area contributed by atoms with Crippen LogP contribution in [0.25, 0.3) is 22.2 Å². The maximum absolute atomic E-state index is 14.2. The lowest BCUT2D eigenvalue weighted by atomic mass is 9.96. The van der Waals surface area contributed by atoms with E-state index >= 15 is 0 Å². The molecule has 0 N–H and O–H groups in total. The van der Waals surface area contributed by atoms with Gasteiger partial charge in [-0.1, -0.05) is 30.3 Å². The molecular weight excluding hydrogens is 441 g/mol. The maximum atomic E-state index is 14.2. The van der Waals surface area contributed by atoms with Crippen molar-refractivity contribution in [1.29, 1.82) is 0 Å². The lowest BCUT2D eigenvalue weighted by Crippen LogP contribution is -2.18. The largest absolute Gasteiger partial charge is 0.381 e. The van der Waals surface area contributed by atoms with Crippen LogP contribution in [0.15, 0.2) is 40.9 Å². The van der Waals surface area contributed by atoms with Crippen molar-refractivity contribution in [1.82, 2.24) is 14.7 Å². The first-order valence-corrected chi connectivity index (χ1v) is 12.7. The summed E-state index contributed by atoms with van der Waals surface area (Å²) in [6, 6.07) is 12.0. The monoisotopic (exact) mass is 475 g/mol. The molecule has 1 fully saturated rings. The van der Waals surface area contributed by atoms with Crippen molar-refractivity contribution in [2.45, 2.75) is 65.8 Å². The molecule has 1 atom stereocenters. The van der Waals surface area contributed by atoms with E-state index in [0.717, 1.165) is 90.4 Å². The van der Waals surface area contributed by atoms with Gasteiger partial charge in [-0.15, -0.1) is 0 Å². The molecule has 3 heterocycles. The number of halogens is 1. The zero-order chi connectivity index (χ0) is 24.5. The third kappa shape index (κ3) is 4.90. The van der Waals surface area contributed by atoms with Crippen molar-refractivity contribution < 1.29 is 13.7 Å². The van der Waals surface area contributed by atoms with Crippen molar-refractivity contribution in [2.75, 3.05) is 13.2 Å². The Labute approximate surface area is 206 Å². The van der Waals surface area contributed by atoms with E-state index < -0.39 is 0 Å². The Morgan fingerprint density at radius 1 is 1.09 bits per heavy atom. The molecule has 6 heteroatoms. The third-order valence-electron chi connectivity index (χ3n) is 7.42. The first-order chi connectivity index (χ1) is 16.9. The van der Waals surface area contributed by atoms with Gasteiger partial charge in [0.25, 0.3) is 0 Å². The topological polar surface area (TPSA) is 53.1 Å². The van der Waals surface area contributed by atoms with Gasteiger partial charge >= 0.3 is 0 Å². The molecule has 2 aromatic carbocycles. The third-order valence-corrected chi connectivity index (χ3v) is 7.42. The zero-order valence-electron chi connectivity index (χ0n) is 21.1. The number of aryl methyl sites for hydroxylation is 4. The minimum Gasteiger partial charge on any atom is -0.381 e. The van der Waals surface area contributed by atoms with E-state index in [9.17, 15) is 4.39 Å². The second-order valence-electron chi connectivity index (χ2n) is 10.1. The highest BCUT2D eigenvalue weighted by Crippen LogP contribution is 2.32. The summed E-state index contributed by atoms with van der Waals surface area (Å²) in [7, 11) is 0. The molecule has 1 aliphatic heterocycles. The van der Waals surface area contributed by atoms with Crippen LogP contribution >= 0.6 is 0 Å². The normalized spacial score (nSPS) is 15.7.